The minimum absolute atomic E-state index is 0.0347. The Kier molecular flexibility index (Phi) is 13.4. The van der Waals surface area contributed by atoms with Crippen molar-refractivity contribution in [3.63, 3.8) is 0 Å². The zero-order valence-electron chi connectivity index (χ0n) is 23.6. The van der Waals surface area contributed by atoms with E-state index in [1.54, 1.807) is 12.1 Å². The molecule has 42 heavy (non-hydrogen) atoms. The summed E-state index contributed by atoms with van der Waals surface area (Å²) in [6.07, 6.45) is 0.415. The molecule has 0 spiro atoms. The fourth-order valence-corrected chi connectivity index (χ4v) is 4.39. The zero-order valence-corrected chi connectivity index (χ0v) is 24.4. The van der Waals surface area contributed by atoms with Crippen LogP contribution in [0.5, 0.6) is 0 Å². The van der Waals surface area contributed by atoms with Gasteiger partial charge in [-0.3, -0.25) is 24.2 Å². The summed E-state index contributed by atoms with van der Waals surface area (Å²) < 4.78 is 27.2. The van der Waals surface area contributed by atoms with Gasteiger partial charge in [0.1, 0.15) is 6.04 Å². The van der Waals surface area contributed by atoms with Gasteiger partial charge < -0.3 is 32.7 Å². The molecule has 0 aromatic heterocycles. The third kappa shape index (κ3) is 12.3. The summed E-state index contributed by atoms with van der Waals surface area (Å²) in [6.45, 7) is 2.81. The lowest BCUT2D eigenvalue weighted by atomic mass is 10.1. The molecular formula is C27H38N8O6S. The van der Waals surface area contributed by atoms with Gasteiger partial charge in [0.2, 0.25) is 29.6 Å². The minimum Gasteiger partial charge on any atom is -0.369 e. The molecule has 4 amide bonds. The van der Waals surface area contributed by atoms with E-state index < -0.39 is 52.3 Å². The molecule has 15 heteroatoms. The molecule has 0 aliphatic rings. The lowest BCUT2D eigenvalue weighted by molar-refractivity contribution is -0.130. The van der Waals surface area contributed by atoms with Crippen LogP contribution in [0.4, 0.5) is 0 Å². The summed E-state index contributed by atoms with van der Waals surface area (Å²) in [5.74, 6) is -2.53. The van der Waals surface area contributed by atoms with Crippen LogP contribution in [0.3, 0.4) is 0 Å². The number of nitrogens with zero attached hydrogens (tertiary/aromatic N) is 1. The summed E-state index contributed by atoms with van der Waals surface area (Å²) >= 11 is 0. The number of hydrogen-bond acceptors (Lipinski definition) is 8. The molecule has 2 aromatic rings. The second-order valence-corrected chi connectivity index (χ2v) is 11.1. The fourth-order valence-electron chi connectivity index (χ4n) is 3.43. The molecule has 0 radical (unpaired) electrons. The van der Waals surface area contributed by atoms with Crippen molar-refractivity contribution in [1.82, 2.24) is 26.0 Å². The number of aryl methyl sites for hydroxylation is 1. The van der Waals surface area contributed by atoms with E-state index in [1.165, 1.54) is 19.1 Å². The summed E-state index contributed by atoms with van der Waals surface area (Å²) in [5, 5.41) is 10.0. The van der Waals surface area contributed by atoms with Gasteiger partial charge in [-0.15, -0.1) is 0 Å². The van der Waals surface area contributed by atoms with Crippen LogP contribution in [0.25, 0.3) is 0 Å². The molecule has 0 saturated carbocycles. The van der Waals surface area contributed by atoms with Crippen molar-refractivity contribution in [3.05, 3.63) is 65.7 Å². The van der Waals surface area contributed by atoms with Crippen LogP contribution in [0.15, 0.2) is 64.5 Å². The Morgan fingerprint density at radius 3 is 2.17 bits per heavy atom. The highest BCUT2D eigenvalue weighted by atomic mass is 32.2. The van der Waals surface area contributed by atoms with Crippen LogP contribution < -0.4 is 37.5 Å². The number of carbonyl (C=O) groups excluding carboxylic acids is 4. The Morgan fingerprint density at radius 2 is 1.52 bits per heavy atom. The number of nitrogens with two attached hydrogens (primary N) is 2. The molecule has 2 aromatic carbocycles. The van der Waals surface area contributed by atoms with Gasteiger partial charge in [0, 0.05) is 13.1 Å². The van der Waals surface area contributed by atoms with Gasteiger partial charge >= 0.3 is 0 Å². The summed E-state index contributed by atoms with van der Waals surface area (Å²) in [6, 6.07) is 13.6. The highest BCUT2D eigenvalue weighted by Crippen LogP contribution is 2.09. The minimum atomic E-state index is -3.91. The number of nitrogens with one attached hydrogen (secondary N) is 5. The lowest BCUT2D eigenvalue weighted by Gasteiger charge is -2.19. The number of carbonyl (C=O) groups is 4. The van der Waals surface area contributed by atoms with Crippen molar-refractivity contribution >= 4 is 39.6 Å². The first kappa shape index (κ1) is 33.7. The molecule has 9 N–H and O–H groups in total. The lowest BCUT2D eigenvalue weighted by Crippen LogP contribution is -2.50. The van der Waals surface area contributed by atoms with Gasteiger partial charge in [0.25, 0.3) is 10.0 Å². The molecule has 2 atom stereocenters. The van der Waals surface area contributed by atoms with Gasteiger partial charge in [0.05, 0.1) is 24.0 Å². The van der Waals surface area contributed by atoms with Gasteiger partial charge in [-0.1, -0.05) is 48.0 Å². The number of sulfonamides is 1. The molecule has 0 bridgehead atoms. The Labute approximate surface area is 245 Å². The predicted octanol–water partition coefficient (Wildman–Crippen LogP) is -1.25. The molecule has 228 valence electrons. The van der Waals surface area contributed by atoms with E-state index in [-0.39, 0.29) is 43.3 Å². The molecule has 0 heterocycles. The average molecular weight is 603 g/mol. The summed E-state index contributed by atoms with van der Waals surface area (Å²) in [4.78, 5) is 52.9. The van der Waals surface area contributed by atoms with Gasteiger partial charge in [0.15, 0.2) is 0 Å². The first-order valence-corrected chi connectivity index (χ1v) is 14.7. The van der Waals surface area contributed by atoms with Crippen molar-refractivity contribution in [1.29, 1.82) is 0 Å². The average Bonchev–Trinajstić information content (AvgIpc) is 2.95. The summed E-state index contributed by atoms with van der Waals surface area (Å²) in [7, 11) is -3.91. The normalized spacial score (nSPS) is 12.9. The van der Waals surface area contributed by atoms with E-state index in [4.69, 9.17) is 11.5 Å². The highest BCUT2D eigenvalue weighted by Gasteiger charge is 2.21. The van der Waals surface area contributed by atoms with E-state index in [0.717, 1.165) is 11.1 Å². The molecule has 0 fully saturated rings. The molecular weight excluding hydrogens is 564 g/mol. The SMILES string of the molecule is Cc1ccc(S(=O)(=O)NC(N)=NCCC[C@H](NC(=O)CNC(=O)CNC(=O)[C@H](C)N)C(=O)NCc2ccccc2)cc1. The Morgan fingerprint density at radius 1 is 0.881 bits per heavy atom. The van der Waals surface area contributed by atoms with E-state index >= 15 is 0 Å². The molecule has 14 nitrogen and oxygen atoms in total. The van der Waals surface area contributed by atoms with Crippen molar-refractivity contribution in [3.8, 4) is 0 Å². The predicted molar refractivity (Wildman–Crippen MR) is 157 cm³/mol. The van der Waals surface area contributed by atoms with Gasteiger partial charge in [-0.25, -0.2) is 13.1 Å². The first-order valence-electron chi connectivity index (χ1n) is 13.2. The van der Waals surface area contributed by atoms with E-state index in [0.29, 0.717) is 0 Å². The third-order valence-corrected chi connectivity index (χ3v) is 7.12. The van der Waals surface area contributed by atoms with Gasteiger partial charge in [-0.2, -0.15) is 0 Å². The van der Waals surface area contributed by atoms with E-state index in [9.17, 15) is 27.6 Å². The number of rotatable bonds is 15. The highest BCUT2D eigenvalue weighted by molar-refractivity contribution is 7.90. The molecule has 0 saturated heterocycles. The maximum Gasteiger partial charge on any atom is 0.264 e. The number of aliphatic imine (C=N–C) groups is 1. The molecule has 0 unspecified atom stereocenters. The third-order valence-electron chi connectivity index (χ3n) is 5.75. The topological polar surface area (TPSA) is 227 Å². The number of guanidine groups is 1. The van der Waals surface area contributed by atoms with Crippen molar-refractivity contribution < 1.29 is 27.6 Å². The van der Waals surface area contributed by atoms with Crippen LogP contribution in [0, 0.1) is 6.92 Å². The fraction of sp³-hybridized carbons (Fsp3) is 0.370. The smallest absolute Gasteiger partial charge is 0.264 e. The van der Waals surface area contributed by atoms with Crippen LogP contribution in [0.2, 0.25) is 0 Å². The second kappa shape index (κ2) is 16.7. The quantitative estimate of drug-likeness (QED) is 0.0738. The Hall–Kier alpha value is -4.50. The molecule has 2 rings (SSSR count). The van der Waals surface area contributed by atoms with E-state index in [2.05, 4.69) is 31.0 Å². The maximum atomic E-state index is 12.9. The van der Waals surface area contributed by atoms with Crippen LogP contribution in [-0.2, 0) is 35.7 Å². The number of benzene rings is 2. The zero-order chi connectivity index (χ0) is 31.1. The Bertz CT molecular complexity index is 1350. The Balaban J connectivity index is 1.93. The first-order chi connectivity index (χ1) is 19.9. The monoisotopic (exact) mass is 602 g/mol. The van der Waals surface area contributed by atoms with Crippen molar-refractivity contribution in [2.75, 3.05) is 19.6 Å². The standard InChI is InChI=1S/C27H38N8O6S/c1-18-10-12-21(13-11-18)42(40,41)35-27(29)30-14-6-9-22(26(39)32-15-20-7-4-3-5-8-20)34-24(37)17-31-23(36)16-33-25(38)19(2)28/h3-5,7-8,10-13,19,22H,6,9,14-17,28H2,1-2H3,(H,31,36)(H,32,39)(H,33,38)(H,34,37)(H3,29,30,35)/t19-,22-/m0/s1. The van der Waals surface area contributed by atoms with Gasteiger partial charge in [-0.05, 0) is 44.4 Å². The van der Waals surface area contributed by atoms with Crippen LogP contribution >= 0.6 is 0 Å². The second-order valence-electron chi connectivity index (χ2n) is 9.43. The molecule has 0 aliphatic carbocycles. The van der Waals surface area contributed by atoms with Crippen molar-refractivity contribution in [2.24, 2.45) is 16.5 Å². The molecule has 0 aliphatic heterocycles. The maximum absolute atomic E-state index is 12.9. The van der Waals surface area contributed by atoms with Crippen LogP contribution in [-0.4, -0.2) is 69.7 Å². The summed E-state index contributed by atoms with van der Waals surface area (Å²) in [5.41, 5.74) is 12.9. The van der Waals surface area contributed by atoms with Crippen LogP contribution in [0.1, 0.15) is 30.9 Å². The van der Waals surface area contributed by atoms with E-state index in [1.807, 2.05) is 37.3 Å². The number of hydrogen-bond donors (Lipinski definition) is 7. The largest absolute Gasteiger partial charge is 0.369 e. The number of amides is 4. The van der Waals surface area contributed by atoms with Crippen molar-refractivity contribution in [2.45, 2.75) is 50.2 Å².